The van der Waals surface area contributed by atoms with Crippen LogP contribution in [-0.4, -0.2) is 13.7 Å². The first-order valence-electron chi connectivity index (χ1n) is 7.15. The van der Waals surface area contributed by atoms with Crippen molar-refractivity contribution in [3.8, 4) is 0 Å². The molecule has 0 heterocycles. The topological polar surface area (TPSA) is 18.5 Å². The molecule has 2 nitrogen and oxygen atoms in total. The average Bonchev–Trinajstić information content (AvgIpc) is 2.36. The van der Waals surface area contributed by atoms with Gasteiger partial charge in [-0.3, -0.25) is 0 Å². The standard InChI is InChI=1S/C13H29O2PS2/c1-3-4-5-6-7-8-9-10-11-12-13-15-16(17,18)14-2/h3-13H2,1-2H3,(H,17,18). The summed E-state index contributed by atoms with van der Waals surface area (Å²) >= 11 is 9.21. The van der Waals surface area contributed by atoms with Gasteiger partial charge in [-0.25, -0.2) is 0 Å². The summed E-state index contributed by atoms with van der Waals surface area (Å²) < 4.78 is 10.4. The van der Waals surface area contributed by atoms with Crippen molar-refractivity contribution in [3.05, 3.63) is 0 Å². The summed E-state index contributed by atoms with van der Waals surface area (Å²) in [6, 6.07) is 0. The smallest absolute Gasteiger partial charge is 0.244 e. The van der Waals surface area contributed by atoms with Gasteiger partial charge in [-0.1, -0.05) is 77.0 Å². The Hall–Kier alpha value is 0.920. The van der Waals surface area contributed by atoms with E-state index in [-0.39, 0.29) is 0 Å². The van der Waals surface area contributed by atoms with Crippen LogP contribution in [0, 0.1) is 0 Å². The first kappa shape index (κ1) is 18.9. The molecule has 0 spiro atoms. The fraction of sp³-hybridized carbons (Fsp3) is 1.00. The highest BCUT2D eigenvalue weighted by molar-refractivity contribution is 8.60. The van der Waals surface area contributed by atoms with Gasteiger partial charge in [0.2, 0.25) is 5.69 Å². The van der Waals surface area contributed by atoms with Crippen molar-refractivity contribution < 1.29 is 9.05 Å². The minimum Gasteiger partial charge on any atom is -0.325 e. The Morgan fingerprint density at radius 1 is 0.889 bits per heavy atom. The number of hydrogen-bond acceptors (Lipinski definition) is 3. The monoisotopic (exact) mass is 312 g/mol. The highest BCUT2D eigenvalue weighted by Gasteiger charge is 2.08. The fourth-order valence-corrected chi connectivity index (χ4v) is 2.76. The molecule has 0 aliphatic carbocycles. The van der Waals surface area contributed by atoms with Crippen LogP contribution in [-0.2, 0) is 20.9 Å². The van der Waals surface area contributed by atoms with Crippen molar-refractivity contribution in [3.63, 3.8) is 0 Å². The average molecular weight is 312 g/mol. The summed E-state index contributed by atoms with van der Waals surface area (Å²) in [6.07, 6.45) is 13.3. The van der Waals surface area contributed by atoms with E-state index in [4.69, 9.17) is 20.9 Å². The third-order valence-electron chi connectivity index (χ3n) is 2.98. The second-order valence-electron chi connectivity index (χ2n) is 4.67. The minimum atomic E-state index is -2.22. The third kappa shape index (κ3) is 13.4. The lowest BCUT2D eigenvalue weighted by atomic mass is 10.1. The molecule has 0 aromatic rings. The fourth-order valence-electron chi connectivity index (χ4n) is 1.82. The van der Waals surface area contributed by atoms with Crippen molar-refractivity contribution in [1.82, 2.24) is 0 Å². The summed E-state index contributed by atoms with van der Waals surface area (Å²) in [6.45, 7) is 2.95. The molecule has 0 N–H and O–H groups in total. The maximum absolute atomic E-state index is 5.42. The van der Waals surface area contributed by atoms with Crippen LogP contribution in [0.25, 0.3) is 0 Å². The van der Waals surface area contributed by atoms with Crippen LogP contribution in [0.1, 0.15) is 71.1 Å². The molecule has 0 aromatic carbocycles. The van der Waals surface area contributed by atoms with E-state index in [1.807, 2.05) is 0 Å². The van der Waals surface area contributed by atoms with Gasteiger partial charge in [0, 0.05) is 7.11 Å². The van der Waals surface area contributed by atoms with Gasteiger partial charge < -0.3 is 9.05 Å². The molecule has 110 valence electrons. The Balaban J connectivity index is 3.10. The molecule has 0 saturated heterocycles. The summed E-state index contributed by atoms with van der Waals surface area (Å²) in [5, 5.41) is 0. The third-order valence-corrected chi connectivity index (χ3v) is 5.55. The van der Waals surface area contributed by atoms with E-state index in [1.165, 1.54) is 57.8 Å². The molecule has 0 saturated carbocycles. The molecule has 0 rings (SSSR count). The maximum Gasteiger partial charge on any atom is 0.244 e. The minimum absolute atomic E-state index is 0.686. The van der Waals surface area contributed by atoms with Crippen molar-refractivity contribution in [1.29, 1.82) is 0 Å². The van der Waals surface area contributed by atoms with Crippen molar-refractivity contribution in [2.45, 2.75) is 71.1 Å². The van der Waals surface area contributed by atoms with Crippen molar-refractivity contribution in [2.75, 3.05) is 13.7 Å². The zero-order valence-electron chi connectivity index (χ0n) is 11.9. The van der Waals surface area contributed by atoms with Gasteiger partial charge in [-0.05, 0) is 18.2 Å². The highest BCUT2D eigenvalue weighted by Crippen LogP contribution is 2.52. The lowest BCUT2D eigenvalue weighted by Crippen LogP contribution is -1.91. The molecular weight excluding hydrogens is 283 g/mol. The van der Waals surface area contributed by atoms with E-state index in [0.29, 0.717) is 6.61 Å². The van der Waals surface area contributed by atoms with Crippen LogP contribution in [0.5, 0.6) is 0 Å². The number of hydrogen-bond donors (Lipinski definition) is 1. The van der Waals surface area contributed by atoms with Gasteiger partial charge in [0.1, 0.15) is 0 Å². The molecule has 0 bridgehead atoms. The molecule has 5 heteroatoms. The second kappa shape index (κ2) is 12.9. The van der Waals surface area contributed by atoms with E-state index < -0.39 is 5.69 Å². The summed E-state index contributed by atoms with van der Waals surface area (Å²) in [5.74, 6) is 0. The summed E-state index contributed by atoms with van der Waals surface area (Å²) in [7, 11) is 1.56. The van der Waals surface area contributed by atoms with Gasteiger partial charge in [0.15, 0.2) is 0 Å². The molecule has 0 aliphatic heterocycles. The van der Waals surface area contributed by atoms with Gasteiger partial charge in [0.05, 0.1) is 6.61 Å². The molecular formula is C13H29O2PS2. The van der Waals surface area contributed by atoms with Crippen LogP contribution >= 0.6 is 17.9 Å². The van der Waals surface area contributed by atoms with Crippen LogP contribution in [0.3, 0.4) is 0 Å². The Morgan fingerprint density at radius 3 is 1.78 bits per heavy atom. The van der Waals surface area contributed by atoms with Crippen LogP contribution in [0.4, 0.5) is 0 Å². The predicted octanol–water partition coefficient (Wildman–Crippen LogP) is 5.72. The molecule has 0 amide bonds. The van der Waals surface area contributed by atoms with E-state index >= 15 is 0 Å². The quantitative estimate of drug-likeness (QED) is 0.266. The normalized spacial score (nSPS) is 14.6. The van der Waals surface area contributed by atoms with E-state index in [0.717, 1.165) is 6.42 Å². The predicted molar refractivity (Wildman–Crippen MR) is 88.1 cm³/mol. The Kier molecular flexibility index (Phi) is 13.6. The first-order chi connectivity index (χ1) is 8.62. The Bertz CT molecular complexity index is 225. The van der Waals surface area contributed by atoms with E-state index in [1.54, 1.807) is 7.11 Å². The molecule has 1 unspecified atom stereocenters. The van der Waals surface area contributed by atoms with Crippen LogP contribution in [0.2, 0.25) is 0 Å². The lowest BCUT2D eigenvalue weighted by Gasteiger charge is -2.13. The maximum atomic E-state index is 5.42. The number of thiol groups is 1. The van der Waals surface area contributed by atoms with Crippen LogP contribution in [0.15, 0.2) is 0 Å². The largest absolute Gasteiger partial charge is 0.325 e. The highest BCUT2D eigenvalue weighted by atomic mass is 32.9. The molecule has 0 fully saturated rings. The van der Waals surface area contributed by atoms with E-state index in [2.05, 4.69) is 19.2 Å². The zero-order chi connectivity index (χ0) is 13.7. The summed E-state index contributed by atoms with van der Waals surface area (Å²) in [5.41, 5.74) is -2.22. The molecule has 0 aromatic heterocycles. The second-order valence-corrected chi connectivity index (χ2v) is 10.1. The molecule has 18 heavy (non-hydrogen) atoms. The number of unbranched alkanes of at least 4 members (excludes halogenated alkanes) is 9. The van der Waals surface area contributed by atoms with Gasteiger partial charge in [-0.2, -0.15) is 0 Å². The Morgan fingerprint density at radius 2 is 1.33 bits per heavy atom. The van der Waals surface area contributed by atoms with E-state index in [9.17, 15) is 0 Å². The van der Waals surface area contributed by atoms with Gasteiger partial charge >= 0.3 is 0 Å². The van der Waals surface area contributed by atoms with Crippen molar-refractivity contribution >= 4 is 29.7 Å². The van der Waals surface area contributed by atoms with Crippen molar-refractivity contribution in [2.24, 2.45) is 0 Å². The van der Waals surface area contributed by atoms with Gasteiger partial charge in [-0.15, -0.1) is 0 Å². The SMILES string of the molecule is CCCCCCCCCCCCOP(=S)(S)OC. The molecule has 1 atom stereocenters. The zero-order valence-corrected chi connectivity index (χ0v) is 14.5. The Labute approximate surface area is 124 Å². The molecule has 0 aliphatic rings. The van der Waals surface area contributed by atoms with Crippen LogP contribution < -0.4 is 0 Å². The first-order valence-corrected chi connectivity index (χ1v) is 10.9. The summed E-state index contributed by atoms with van der Waals surface area (Å²) in [4.78, 5) is 0. The molecule has 0 radical (unpaired) electrons. The number of rotatable bonds is 13. The van der Waals surface area contributed by atoms with Gasteiger partial charge in [0.25, 0.3) is 0 Å². The lowest BCUT2D eigenvalue weighted by molar-refractivity contribution is 0.285.